The van der Waals surface area contributed by atoms with Crippen molar-refractivity contribution in [2.45, 2.75) is 52.7 Å². The third-order valence-corrected chi connectivity index (χ3v) is 6.48. The fraction of sp³-hybridized carbons (Fsp3) is 1.00. The second kappa shape index (κ2) is 6.28. The van der Waals surface area contributed by atoms with Crippen molar-refractivity contribution in [1.29, 1.82) is 0 Å². The van der Waals surface area contributed by atoms with E-state index >= 15 is 0 Å². The highest BCUT2D eigenvalue weighted by molar-refractivity contribution is 6.67. The van der Waals surface area contributed by atoms with Gasteiger partial charge < -0.3 is 31.4 Å². The Morgan fingerprint density at radius 2 is 0.947 bits per heavy atom. The van der Waals surface area contributed by atoms with Crippen LogP contribution >= 0.6 is 0 Å². The van der Waals surface area contributed by atoms with Gasteiger partial charge in [0.05, 0.1) is 11.2 Å². The van der Waals surface area contributed by atoms with Crippen LogP contribution in [-0.4, -0.2) is 53.1 Å². The molecule has 0 spiro atoms. The molecule has 0 aromatic rings. The summed E-state index contributed by atoms with van der Waals surface area (Å²) in [6.45, 7) is 10.4. The van der Waals surface area contributed by atoms with Crippen LogP contribution in [0.3, 0.4) is 0 Å². The summed E-state index contributed by atoms with van der Waals surface area (Å²) in [4.78, 5) is 20.4. The maximum Gasteiger partial charge on any atom is 0.671 e. The van der Waals surface area contributed by atoms with Gasteiger partial charge in [-0.25, -0.2) is 0 Å². The average molecular weight is 314 g/mol. The van der Waals surface area contributed by atoms with Gasteiger partial charge in [0, 0.05) is 14.2 Å². The molecule has 0 fully saturated rings. The van der Waals surface area contributed by atoms with Crippen LogP contribution in [0, 0.1) is 0 Å². The van der Waals surface area contributed by atoms with Crippen molar-refractivity contribution in [3.05, 3.63) is 0 Å². The van der Waals surface area contributed by atoms with Gasteiger partial charge in [-0.3, -0.25) is 0 Å². The van der Waals surface area contributed by atoms with Gasteiger partial charge in [-0.05, 0) is 41.5 Å². The standard InChI is InChI=1S/C10H26O7Si2/c1-9(2,3)15-18(11,13-7)17-19(12,14-8)16-10(4,5)6/h11-12H,1-8H3. The summed E-state index contributed by atoms with van der Waals surface area (Å²) in [7, 11) is -5.64. The average Bonchev–Trinajstić information content (AvgIpc) is 2.11. The minimum absolute atomic E-state index is 0.707. The second-order valence-electron chi connectivity index (χ2n) is 5.99. The summed E-state index contributed by atoms with van der Waals surface area (Å²) in [5.74, 6) is 0. The fourth-order valence-electron chi connectivity index (χ4n) is 1.15. The predicted octanol–water partition coefficient (Wildman–Crippen LogP) is 0.782. The fourth-order valence-corrected chi connectivity index (χ4v) is 5.16. The molecule has 0 aliphatic heterocycles. The maximum atomic E-state index is 10.2. The summed E-state index contributed by atoms with van der Waals surface area (Å²) < 4.78 is 25.7. The molecule has 0 aliphatic carbocycles. The van der Waals surface area contributed by atoms with Crippen molar-refractivity contribution in [3.8, 4) is 0 Å². The van der Waals surface area contributed by atoms with Crippen LogP contribution in [0.5, 0.6) is 0 Å². The Bertz CT molecular complexity index is 261. The lowest BCUT2D eigenvalue weighted by atomic mass is 10.2. The molecule has 116 valence electrons. The third kappa shape index (κ3) is 8.12. The van der Waals surface area contributed by atoms with E-state index in [-0.39, 0.29) is 0 Å². The van der Waals surface area contributed by atoms with Gasteiger partial charge in [0.2, 0.25) is 0 Å². The van der Waals surface area contributed by atoms with E-state index in [2.05, 4.69) is 0 Å². The van der Waals surface area contributed by atoms with Gasteiger partial charge in [-0.2, -0.15) is 0 Å². The van der Waals surface area contributed by atoms with Crippen molar-refractivity contribution < 1.29 is 31.4 Å². The Kier molecular flexibility index (Phi) is 6.34. The Balaban J connectivity index is 5.00. The first-order valence-corrected chi connectivity index (χ1v) is 9.24. The van der Waals surface area contributed by atoms with Crippen LogP contribution in [0.15, 0.2) is 0 Å². The van der Waals surface area contributed by atoms with E-state index in [1.54, 1.807) is 41.5 Å². The van der Waals surface area contributed by atoms with E-state index in [1.165, 1.54) is 14.2 Å². The predicted molar refractivity (Wildman–Crippen MR) is 72.7 cm³/mol. The molecule has 2 unspecified atom stereocenters. The molecule has 2 N–H and O–H groups in total. The van der Waals surface area contributed by atoms with Gasteiger partial charge >= 0.3 is 18.1 Å². The zero-order chi connectivity index (χ0) is 15.5. The topological polar surface area (TPSA) is 86.6 Å². The summed E-state index contributed by atoms with van der Waals surface area (Å²) in [6.07, 6.45) is 0. The normalized spacial score (nSPS) is 19.9. The van der Waals surface area contributed by atoms with Gasteiger partial charge in [-0.15, -0.1) is 0 Å². The third-order valence-electron chi connectivity index (χ3n) is 1.64. The summed E-state index contributed by atoms with van der Waals surface area (Å²) in [6, 6.07) is 0. The molecule has 0 saturated heterocycles. The Labute approximate surface area is 117 Å². The van der Waals surface area contributed by atoms with Crippen LogP contribution < -0.4 is 0 Å². The summed E-state index contributed by atoms with van der Waals surface area (Å²) in [5, 5.41) is 0. The second-order valence-corrected chi connectivity index (χ2v) is 10.1. The molecule has 0 aliphatic rings. The van der Waals surface area contributed by atoms with Crippen molar-refractivity contribution in [2.24, 2.45) is 0 Å². The molecule has 0 amide bonds. The molecule has 0 rings (SSSR count). The zero-order valence-corrected chi connectivity index (χ0v) is 14.9. The first kappa shape index (κ1) is 19.2. The molecule has 0 heterocycles. The van der Waals surface area contributed by atoms with Crippen LogP contribution in [0.25, 0.3) is 0 Å². The van der Waals surface area contributed by atoms with E-state index in [9.17, 15) is 9.59 Å². The molecule has 7 nitrogen and oxygen atoms in total. The van der Waals surface area contributed by atoms with E-state index in [1.807, 2.05) is 0 Å². The minimum atomic E-state index is -4.05. The van der Waals surface area contributed by atoms with Gasteiger partial charge in [-0.1, -0.05) is 0 Å². The molecule has 19 heavy (non-hydrogen) atoms. The first-order chi connectivity index (χ1) is 8.24. The van der Waals surface area contributed by atoms with E-state index in [0.717, 1.165) is 0 Å². The Morgan fingerprint density at radius 1 is 0.684 bits per heavy atom. The molecular formula is C10H26O7Si2. The van der Waals surface area contributed by atoms with Crippen molar-refractivity contribution in [2.75, 3.05) is 14.2 Å². The van der Waals surface area contributed by atoms with Gasteiger partial charge in [0.15, 0.2) is 0 Å². The van der Waals surface area contributed by atoms with Crippen LogP contribution in [-0.2, 0) is 21.8 Å². The van der Waals surface area contributed by atoms with E-state index in [4.69, 9.17) is 21.8 Å². The van der Waals surface area contributed by atoms with E-state index in [0.29, 0.717) is 0 Å². The highest BCUT2D eigenvalue weighted by atomic mass is 28.5. The molecular weight excluding hydrogens is 288 g/mol. The largest absolute Gasteiger partial charge is 0.671 e. The highest BCUT2D eigenvalue weighted by Gasteiger charge is 2.57. The van der Waals surface area contributed by atoms with Crippen molar-refractivity contribution in [1.82, 2.24) is 0 Å². The smallest absolute Gasteiger partial charge is 0.368 e. The number of hydrogen-bond donors (Lipinski definition) is 2. The van der Waals surface area contributed by atoms with Gasteiger partial charge in [0.25, 0.3) is 0 Å². The SMILES string of the molecule is CO[Si](O)(OC(C)(C)C)O[Si](O)(OC)OC(C)(C)C. The lowest BCUT2D eigenvalue weighted by molar-refractivity contribution is -0.0774. The van der Waals surface area contributed by atoms with Crippen LogP contribution in [0.4, 0.5) is 0 Å². The Hall–Kier alpha value is 0.154. The number of rotatable bonds is 6. The van der Waals surface area contributed by atoms with Crippen molar-refractivity contribution in [3.63, 3.8) is 0 Å². The van der Waals surface area contributed by atoms with Crippen molar-refractivity contribution >= 4 is 18.1 Å². The zero-order valence-electron chi connectivity index (χ0n) is 12.9. The number of hydrogen-bond acceptors (Lipinski definition) is 7. The van der Waals surface area contributed by atoms with Gasteiger partial charge in [0.1, 0.15) is 0 Å². The first-order valence-electron chi connectivity index (χ1n) is 5.90. The monoisotopic (exact) mass is 314 g/mol. The molecule has 0 aromatic heterocycles. The van der Waals surface area contributed by atoms with E-state index < -0.39 is 29.3 Å². The molecule has 2 atom stereocenters. The van der Waals surface area contributed by atoms with Crippen LogP contribution in [0.2, 0.25) is 0 Å². The van der Waals surface area contributed by atoms with Crippen LogP contribution in [0.1, 0.15) is 41.5 Å². The lowest BCUT2D eigenvalue weighted by Gasteiger charge is -2.35. The highest BCUT2D eigenvalue weighted by Crippen LogP contribution is 2.23. The molecule has 0 aromatic carbocycles. The minimum Gasteiger partial charge on any atom is -0.368 e. The summed E-state index contributed by atoms with van der Waals surface area (Å²) >= 11 is 0. The quantitative estimate of drug-likeness (QED) is 0.701. The summed E-state index contributed by atoms with van der Waals surface area (Å²) in [5.41, 5.74) is -1.41. The molecule has 0 bridgehead atoms. The lowest BCUT2D eigenvalue weighted by Crippen LogP contribution is -2.62. The molecule has 0 radical (unpaired) electrons. The molecule has 9 heteroatoms. The maximum absolute atomic E-state index is 10.2. The Morgan fingerprint density at radius 3 is 1.11 bits per heavy atom. The molecule has 0 saturated carbocycles.